The van der Waals surface area contributed by atoms with E-state index in [4.69, 9.17) is 4.74 Å². The van der Waals surface area contributed by atoms with Crippen molar-refractivity contribution in [1.82, 2.24) is 25.6 Å². The van der Waals surface area contributed by atoms with E-state index in [0.717, 1.165) is 32.4 Å². The number of nitrogens with zero attached hydrogens (tertiary/aromatic N) is 3. The van der Waals surface area contributed by atoms with E-state index in [0.29, 0.717) is 18.3 Å². The first-order valence-corrected chi connectivity index (χ1v) is 7.65. The Morgan fingerprint density at radius 2 is 2.29 bits per heavy atom. The van der Waals surface area contributed by atoms with Crippen LogP contribution >= 0.6 is 0 Å². The molecule has 0 bridgehead atoms. The predicted octanol–water partition coefficient (Wildman–Crippen LogP) is 0.500. The first-order valence-electron chi connectivity index (χ1n) is 7.65. The number of hydrogen-bond acceptors (Lipinski definition) is 5. The summed E-state index contributed by atoms with van der Waals surface area (Å²) >= 11 is 0. The molecular formula is C14H23N5O2. The Morgan fingerprint density at radius 1 is 1.52 bits per heavy atom. The number of carbonyl (C=O) groups excluding carboxylic acids is 1. The molecule has 2 saturated heterocycles. The number of nitrogens with one attached hydrogen (secondary N) is 2. The maximum Gasteiger partial charge on any atom is 0.273 e. The van der Waals surface area contributed by atoms with E-state index in [1.807, 2.05) is 18.5 Å². The number of aromatic nitrogens is 3. The van der Waals surface area contributed by atoms with Gasteiger partial charge in [-0.05, 0) is 46.2 Å². The minimum Gasteiger partial charge on any atom is -0.376 e. The van der Waals surface area contributed by atoms with Crippen molar-refractivity contribution in [2.24, 2.45) is 0 Å². The summed E-state index contributed by atoms with van der Waals surface area (Å²) in [5, 5.41) is 14.5. The highest BCUT2D eigenvalue weighted by Crippen LogP contribution is 2.25. The van der Waals surface area contributed by atoms with Crippen LogP contribution in [0, 0.1) is 0 Å². The Bertz CT molecular complexity index is 511. The van der Waals surface area contributed by atoms with Gasteiger partial charge in [-0.15, -0.1) is 5.10 Å². The summed E-state index contributed by atoms with van der Waals surface area (Å²) in [5.74, 6) is -0.171. The summed E-state index contributed by atoms with van der Waals surface area (Å²) in [6.07, 6.45) is 4.64. The van der Waals surface area contributed by atoms with Crippen LogP contribution in [0.3, 0.4) is 0 Å². The molecule has 0 aliphatic carbocycles. The first-order chi connectivity index (χ1) is 10.1. The van der Waals surface area contributed by atoms with E-state index >= 15 is 0 Å². The minimum absolute atomic E-state index is 0.0147. The van der Waals surface area contributed by atoms with Crippen LogP contribution in [0.4, 0.5) is 0 Å². The van der Waals surface area contributed by atoms with Crippen molar-refractivity contribution in [1.29, 1.82) is 0 Å². The lowest BCUT2D eigenvalue weighted by Gasteiger charge is -2.28. The van der Waals surface area contributed by atoms with Gasteiger partial charge in [0, 0.05) is 6.61 Å². The van der Waals surface area contributed by atoms with Crippen LogP contribution < -0.4 is 10.6 Å². The second-order valence-electron chi connectivity index (χ2n) is 6.20. The summed E-state index contributed by atoms with van der Waals surface area (Å²) in [5.41, 5.74) is 0.0594. The SMILES string of the molecule is CC1OCCC1(C)NC(=O)c1cn(C2CCNCC2)nn1. The fourth-order valence-electron chi connectivity index (χ4n) is 2.95. The molecular weight excluding hydrogens is 270 g/mol. The maximum atomic E-state index is 12.4. The monoisotopic (exact) mass is 293 g/mol. The van der Waals surface area contributed by atoms with Gasteiger partial charge in [0.15, 0.2) is 5.69 Å². The third kappa shape index (κ3) is 2.94. The molecule has 2 aliphatic rings. The van der Waals surface area contributed by atoms with Crippen molar-refractivity contribution in [3.63, 3.8) is 0 Å². The average Bonchev–Trinajstić information content (AvgIpc) is 3.08. The number of carbonyl (C=O) groups is 1. The molecule has 2 aliphatic heterocycles. The Kier molecular flexibility index (Phi) is 3.95. The van der Waals surface area contributed by atoms with Crippen LogP contribution in [0.2, 0.25) is 0 Å². The van der Waals surface area contributed by atoms with Gasteiger partial charge in [-0.3, -0.25) is 4.79 Å². The van der Waals surface area contributed by atoms with Crippen molar-refractivity contribution in [2.75, 3.05) is 19.7 Å². The minimum atomic E-state index is -0.324. The molecule has 3 heterocycles. The quantitative estimate of drug-likeness (QED) is 0.848. The molecule has 0 spiro atoms. The second kappa shape index (κ2) is 5.73. The summed E-state index contributed by atoms with van der Waals surface area (Å²) in [6, 6.07) is 0.338. The van der Waals surface area contributed by atoms with E-state index in [2.05, 4.69) is 20.9 Å². The summed E-state index contributed by atoms with van der Waals surface area (Å²) in [6.45, 7) is 6.65. The molecule has 7 nitrogen and oxygen atoms in total. The zero-order valence-corrected chi connectivity index (χ0v) is 12.6. The standard InChI is InChI=1S/C14H23N5O2/c1-10-14(2,5-8-21-10)16-13(20)12-9-19(18-17-12)11-3-6-15-7-4-11/h9-11,15H,3-8H2,1-2H3,(H,16,20). The van der Waals surface area contributed by atoms with Gasteiger partial charge < -0.3 is 15.4 Å². The third-order valence-electron chi connectivity index (χ3n) is 4.71. The van der Waals surface area contributed by atoms with Crippen molar-refractivity contribution < 1.29 is 9.53 Å². The molecule has 2 N–H and O–H groups in total. The van der Waals surface area contributed by atoms with E-state index < -0.39 is 0 Å². The van der Waals surface area contributed by atoms with Crippen molar-refractivity contribution >= 4 is 5.91 Å². The number of hydrogen-bond donors (Lipinski definition) is 2. The largest absolute Gasteiger partial charge is 0.376 e. The summed E-state index contributed by atoms with van der Waals surface area (Å²) in [4.78, 5) is 12.4. The lowest BCUT2D eigenvalue weighted by atomic mass is 9.94. The van der Waals surface area contributed by atoms with Crippen LogP contribution in [0.5, 0.6) is 0 Å². The number of rotatable bonds is 3. The molecule has 2 fully saturated rings. The van der Waals surface area contributed by atoms with E-state index in [-0.39, 0.29) is 17.6 Å². The fraction of sp³-hybridized carbons (Fsp3) is 0.786. The van der Waals surface area contributed by atoms with Crippen molar-refractivity contribution in [3.8, 4) is 0 Å². The smallest absolute Gasteiger partial charge is 0.273 e. The topological polar surface area (TPSA) is 81.1 Å². The fourth-order valence-corrected chi connectivity index (χ4v) is 2.95. The van der Waals surface area contributed by atoms with E-state index in [1.165, 1.54) is 0 Å². The molecule has 3 rings (SSSR count). The van der Waals surface area contributed by atoms with Crippen LogP contribution in [-0.2, 0) is 4.74 Å². The lowest BCUT2D eigenvalue weighted by Crippen LogP contribution is -2.50. The third-order valence-corrected chi connectivity index (χ3v) is 4.71. The predicted molar refractivity (Wildman–Crippen MR) is 77.1 cm³/mol. The maximum absolute atomic E-state index is 12.4. The molecule has 21 heavy (non-hydrogen) atoms. The average molecular weight is 293 g/mol. The molecule has 2 unspecified atom stereocenters. The van der Waals surface area contributed by atoms with Crippen LogP contribution in [0.25, 0.3) is 0 Å². The van der Waals surface area contributed by atoms with E-state index in [9.17, 15) is 4.79 Å². The molecule has 0 aromatic carbocycles. The Balaban J connectivity index is 1.66. The van der Waals surface area contributed by atoms with Gasteiger partial charge in [0.1, 0.15) is 0 Å². The zero-order valence-electron chi connectivity index (χ0n) is 12.6. The van der Waals surface area contributed by atoms with Gasteiger partial charge in [0.05, 0.1) is 23.9 Å². The van der Waals surface area contributed by atoms with Gasteiger partial charge in [-0.2, -0.15) is 0 Å². The molecule has 116 valence electrons. The second-order valence-corrected chi connectivity index (χ2v) is 6.20. The Morgan fingerprint density at radius 3 is 2.95 bits per heavy atom. The van der Waals surface area contributed by atoms with Gasteiger partial charge in [0.25, 0.3) is 5.91 Å². The highest BCUT2D eigenvalue weighted by Gasteiger charge is 2.38. The number of ether oxygens (including phenoxy) is 1. The van der Waals surface area contributed by atoms with Crippen LogP contribution in [0.1, 0.15) is 49.6 Å². The summed E-state index contributed by atoms with van der Waals surface area (Å²) < 4.78 is 7.37. The molecule has 7 heteroatoms. The van der Waals surface area contributed by atoms with Gasteiger partial charge >= 0.3 is 0 Å². The molecule has 1 amide bonds. The number of amides is 1. The number of piperidine rings is 1. The van der Waals surface area contributed by atoms with E-state index in [1.54, 1.807) is 6.20 Å². The van der Waals surface area contributed by atoms with Gasteiger partial charge in [-0.25, -0.2) is 4.68 Å². The summed E-state index contributed by atoms with van der Waals surface area (Å²) in [7, 11) is 0. The molecule has 1 aromatic heterocycles. The highest BCUT2D eigenvalue weighted by atomic mass is 16.5. The van der Waals surface area contributed by atoms with Crippen molar-refractivity contribution in [2.45, 2.75) is 50.8 Å². The molecule has 0 radical (unpaired) electrons. The van der Waals surface area contributed by atoms with Crippen molar-refractivity contribution in [3.05, 3.63) is 11.9 Å². The van der Waals surface area contributed by atoms with Gasteiger partial charge in [-0.1, -0.05) is 5.21 Å². The van der Waals surface area contributed by atoms with Crippen LogP contribution in [0.15, 0.2) is 6.20 Å². The molecule has 1 aromatic rings. The molecule has 2 atom stereocenters. The highest BCUT2D eigenvalue weighted by molar-refractivity contribution is 5.92. The van der Waals surface area contributed by atoms with Crippen LogP contribution in [-0.4, -0.2) is 52.2 Å². The Hall–Kier alpha value is -1.47. The lowest BCUT2D eigenvalue weighted by molar-refractivity contribution is 0.0724. The molecule has 0 saturated carbocycles. The van der Waals surface area contributed by atoms with Gasteiger partial charge in [0.2, 0.25) is 0 Å². The normalized spacial score (nSPS) is 30.5. The first kappa shape index (κ1) is 14.5. The zero-order chi connectivity index (χ0) is 14.9. The Labute approximate surface area is 124 Å².